The number of nitrogens with one attached hydrogen (secondary N) is 1. The number of halogens is 1. The standard InChI is InChI=1S/C13H25ClN4/c1-10(2)18-12(16-9-17-18)8-15-11(6-7-14)13(3,4)5/h9-11,15H,6-8H2,1-5H3. The SMILES string of the molecule is CC(C)n1ncnc1CNC(CCCl)C(C)(C)C. The topological polar surface area (TPSA) is 42.7 Å². The van der Waals surface area contributed by atoms with Gasteiger partial charge in [-0.25, -0.2) is 9.67 Å². The fraction of sp³-hybridized carbons (Fsp3) is 0.846. The lowest BCUT2D eigenvalue weighted by molar-refractivity contribution is 0.257. The van der Waals surface area contributed by atoms with Crippen molar-refractivity contribution in [1.82, 2.24) is 20.1 Å². The molecule has 0 amide bonds. The summed E-state index contributed by atoms with van der Waals surface area (Å²) in [7, 11) is 0. The largest absolute Gasteiger partial charge is 0.306 e. The predicted molar refractivity (Wildman–Crippen MR) is 75.8 cm³/mol. The smallest absolute Gasteiger partial charge is 0.141 e. The zero-order valence-corrected chi connectivity index (χ0v) is 12.8. The molecule has 0 fully saturated rings. The lowest BCUT2D eigenvalue weighted by Crippen LogP contribution is -2.40. The van der Waals surface area contributed by atoms with Gasteiger partial charge in [-0.05, 0) is 25.7 Å². The summed E-state index contributed by atoms with van der Waals surface area (Å²) in [5.74, 6) is 1.65. The number of hydrogen-bond donors (Lipinski definition) is 1. The quantitative estimate of drug-likeness (QED) is 0.810. The highest BCUT2D eigenvalue weighted by atomic mass is 35.5. The van der Waals surface area contributed by atoms with Crippen LogP contribution < -0.4 is 5.32 Å². The van der Waals surface area contributed by atoms with E-state index in [0.29, 0.717) is 18.0 Å². The van der Waals surface area contributed by atoms with E-state index >= 15 is 0 Å². The summed E-state index contributed by atoms with van der Waals surface area (Å²) in [5, 5.41) is 7.79. The molecule has 1 N–H and O–H groups in total. The van der Waals surface area contributed by atoms with E-state index in [1.807, 2.05) is 4.68 Å². The van der Waals surface area contributed by atoms with Crippen molar-refractivity contribution in [3.8, 4) is 0 Å². The molecule has 1 rings (SSSR count). The van der Waals surface area contributed by atoms with Crippen LogP contribution in [0, 0.1) is 5.41 Å². The normalized spacial score (nSPS) is 14.2. The summed E-state index contributed by atoms with van der Waals surface area (Å²) in [4.78, 5) is 4.31. The summed E-state index contributed by atoms with van der Waals surface area (Å²) in [6.07, 6.45) is 2.57. The van der Waals surface area contributed by atoms with Crippen molar-refractivity contribution in [1.29, 1.82) is 0 Å². The van der Waals surface area contributed by atoms with Crippen LogP contribution in [0.3, 0.4) is 0 Å². The Kier molecular flexibility index (Phi) is 5.60. The van der Waals surface area contributed by atoms with E-state index in [4.69, 9.17) is 11.6 Å². The lowest BCUT2D eigenvalue weighted by atomic mass is 9.85. The lowest BCUT2D eigenvalue weighted by Gasteiger charge is -2.31. The van der Waals surface area contributed by atoms with Crippen LogP contribution in [0.5, 0.6) is 0 Å². The van der Waals surface area contributed by atoms with E-state index in [2.05, 4.69) is 50.0 Å². The Morgan fingerprint density at radius 1 is 1.39 bits per heavy atom. The first-order chi connectivity index (χ1) is 8.36. The third kappa shape index (κ3) is 4.25. The molecule has 1 unspecified atom stereocenters. The molecule has 0 aliphatic carbocycles. The fourth-order valence-corrected chi connectivity index (χ4v) is 2.21. The Morgan fingerprint density at radius 2 is 2.06 bits per heavy atom. The van der Waals surface area contributed by atoms with Crippen LogP contribution in [0.15, 0.2) is 6.33 Å². The molecule has 1 aromatic heterocycles. The fourth-order valence-electron chi connectivity index (χ4n) is 2.00. The maximum atomic E-state index is 5.87. The van der Waals surface area contributed by atoms with E-state index in [9.17, 15) is 0 Å². The van der Waals surface area contributed by atoms with Gasteiger partial charge in [0.05, 0.1) is 6.54 Å². The third-order valence-electron chi connectivity index (χ3n) is 3.09. The predicted octanol–water partition coefficient (Wildman–Crippen LogP) is 2.99. The van der Waals surface area contributed by atoms with Crippen LogP contribution in [0.1, 0.15) is 52.9 Å². The van der Waals surface area contributed by atoms with Crippen molar-refractivity contribution >= 4 is 11.6 Å². The Balaban J connectivity index is 2.64. The number of rotatable bonds is 6. The second-order valence-electron chi connectivity index (χ2n) is 5.99. The zero-order valence-electron chi connectivity index (χ0n) is 12.1. The molecular formula is C13H25ClN4. The number of alkyl halides is 1. The Morgan fingerprint density at radius 3 is 2.56 bits per heavy atom. The molecule has 0 radical (unpaired) electrons. The van der Waals surface area contributed by atoms with E-state index in [1.54, 1.807) is 6.33 Å². The van der Waals surface area contributed by atoms with Crippen molar-refractivity contribution in [2.45, 2.75) is 59.7 Å². The van der Waals surface area contributed by atoms with Gasteiger partial charge < -0.3 is 5.32 Å². The first kappa shape index (κ1) is 15.4. The minimum absolute atomic E-state index is 0.192. The molecule has 0 aliphatic heterocycles. The molecule has 1 heterocycles. The highest BCUT2D eigenvalue weighted by molar-refractivity contribution is 6.17. The molecule has 0 aromatic carbocycles. The molecule has 0 saturated carbocycles. The van der Waals surface area contributed by atoms with Gasteiger partial charge in [0.25, 0.3) is 0 Å². The molecular weight excluding hydrogens is 248 g/mol. The van der Waals surface area contributed by atoms with Crippen LogP contribution >= 0.6 is 11.6 Å². The van der Waals surface area contributed by atoms with Gasteiger partial charge in [0.15, 0.2) is 0 Å². The number of nitrogens with zero attached hydrogens (tertiary/aromatic N) is 3. The summed E-state index contributed by atoms with van der Waals surface area (Å²) in [6, 6.07) is 0.720. The number of aromatic nitrogens is 3. The van der Waals surface area contributed by atoms with Gasteiger partial charge in [-0.2, -0.15) is 5.10 Å². The van der Waals surface area contributed by atoms with E-state index in [1.165, 1.54) is 0 Å². The summed E-state index contributed by atoms with van der Waals surface area (Å²) in [6.45, 7) is 11.6. The van der Waals surface area contributed by atoms with Crippen LogP contribution in [0.25, 0.3) is 0 Å². The Labute approximate surface area is 115 Å². The molecule has 0 spiro atoms. The molecule has 4 nitrogen and oxygen atoms in total. The Bertz CT molecular complexity index is 354. The second-order valence-corrected chi connectivity index (χ2v) is 6.37. The summed E-state index contributed by atoms with van der Waals surface area (Å²) < 4.78 is 1.95. The zero-order chi connectivity index (χ0) is 13.8. The Hall–Kier alpha value is -0.610. The van der Waals surface area contributed by atoms with Crippen LogP contribution in [0.2, 0.25) is 0 Å². The van der Waals surface area contributed by atoms with Gasteiger partial charge in [0.2, 0.25) is 0 Å². The third-order valence-corrected chi connectivity index (χ3v) is 3.30. The monoisotopic (exact) mass is 272 g/mol. The first-order valence-corrected chi connectivity index (χ1v) is 7.07. The van der Waals surface area contributed by atoms with Crippen molar-refractivity contribution in [2.75, 3.05) is 5.88 Å². The summed E-state index contributed by atoms with van der Waals surface area (Å²) in [5.41, 5.74) is 0.192. The van der Waals surface area contributed by atoms with Crippen molar-refractivity contribution in [3.63, 3.8) is 0 Å². The van der Waals surface area contributed by atoms with E-state index in [0.717, 1.165) is 18.8 Å². The van der Waals surface area contributed by atoms with E-state index in [-0.39, 0.29) is 5.41 Å². The highest BCUT2D eigenvalue weighted by Gasteiger charge is 2.24. The molecule has 5 heteroatoms. The van der Waals surface area contributed by atoms with Gasteiger partial charge in [-0.3, -0.25) is 0 Å². The molecule has 104 valence electrons. The summed E-state index contributed by atoms with van der Waals surface area (Å²) >= 11 is 5.87. The molecule has 0 bridgehead atoms. The first-order valence-electron chi connectivity index (χ1n) is 6.54. The van der Waals surface area contributed by atoms with Crippen molar-refractivity contribution in [2.24, 2.45) is 5.41 Å². The minimum Gasteiger partial charge on any atom is -0.306 e. The maximum absolute atomic E-state index is 5.87. The van der Waals surface area contributed by atoms with Crippen molar-refractivity contribution in [3.05, 3.63) is 12.2 Å². The van der Waals surface area contributed by atoms with Crippen molar-refractivity contribution < 1.29 is 0 Å². The molecule has 1 atom stereocenters. The highest BCUT2D eigenvalue weighted by Crippen LogP contribution is 2.22. The molecule has 0 saturated heterocycles. The second kappa shape index (κ2) is 6.53. The van der Waals surface area contributed by atoms with Crippen LogP contribution in [0.4, 0.5) is 0 Å². The van der Waals surface area contributed by atoms with Gasteiger partial charge in [0, 0.05) is 18.0 Å². The van der Waals surface area contributed by atoms with Crippen LogP contribution in [-0.2, 0) is 6.54 Å². The average Bonchev–Trinajstić information content (AvgIpc) is 2.70. The van der Waals surface area contributed by atoms with Gasteiger partial charge in [-0.15, -0.1) is 11.6 Å². The van der Waals surface area contributed by atoms with Gasteiger partial charge in [-0.1, -0.05) is 20.8 Å². The average molecular weight is 273 g/mol. The molecule has 1 aromatic rings. The number of hydrogen-bond acceptors (Lipinski definition) is 3. The van der Waals surface area contributed by atoms with Gasteiger partial charge >= 0.3 is 0 Å². The maximum Gasteiger partial charge on any atom is 0.141 e. The van der Waals surface area contributed by atoms with Gasteiger partial charge in [0.1, 0.15) is 12.2 Å². The van der Waals surface area contributed by atoms with E-state index < -0.39 is 0 Å². The molecule has 18 heavy (non-hydrogen) atoms. The minimum atomic E-state index is 0.192. The molecule has 0 aliphatic rings. The van der Waals surface area contributed by atoms with Crippen LogP contribution in [-0.4, -0.2) is 26.7 Å².